The predicted molar refractivity (Wildman–Crippen MR) is 93.9 cm³/mol. The lowest BCUT2D eigenvalue weighted by molar-refractivity contribution is 0.0635. The number of amides is 1. The van der Waals surface area contributed by atoms with Gasteiger partial charge in [0.1, 0.15) is 0 Å². The first-order chi connectivity index (χ1) is 11.7. The quantitative estimate of drug-likeness (QED) is 0.654. The number of nitrogens with zero attached hydrogens (tertiary/aromatic N) is 1. The monoisotopic (exact) mass is 323 g/mol. The number of hydrogen-bond donors (Lipinski definition) is 2. The van der Waals surface area contributed by atoms with Gasteiger partial charge in [0.05, 0.1) is 23.5 Å². The molecule has 24 heavy (non-hydrogen) atoms. The maximum atomic E-state index is 12.1. The van der Waals surface area contributed by atoms with Gasteiger partial charge in [0, 0.05) is 18.7 Å². The van der Waals surface area contributed by atoms with Crippen LogP contribution in [0.5, 0.6) is 0 Å². The van der Waals surface area contributed by atoms with E-state index in [-0.39, 0.29) is 12.0 Å². The standard InChI is InChI=1S/C19H21N3O2/c1-14(15-6-3-2-4-7-15)24-11-5-10-20-19(23)16-8-9-17-18(12-16)22-13-21-17/h2-4,6-9,12-14H,5,10-11H2,1H3,(H,20,23)(H,21,22)/t14-/m1/s1. The summed E-state index contributed by atoms with van der Waals surface area (Å²) in [6.45, 7) is 3.23. The molecule has 5 nitrogen and oxygen atoms in total. The Morgan fingerprint density at radius 2 is 2.08 bits per heavy atom. The summed E-state index contributed by atoms with van der Waals surface area (Å²) < 4.78 is 5.80. The van der Waals surface area contributed by atoms with Gasteiger partial charge in [-0.25, -0.2) is 4.98 Å². The lowest BCUT2D eigenvalue weighted by Crippen LogP contribution is -2.25. The lowest BCUT2D eigenvalue weighted by Gasteiger charge is -2.13. The number of H-pyrrole nitrogens is 1. The Morgan fingerprint density at radius 3 is 2.92 bits per heavy atom. The second kappa shape index (κ2) is 7.75. The van der Waals surface area contributed by atoms with Gasteiger partial charge in [-0.1, -0.05) is 30.3 Å². The second-order valence-electron chi connectivity index (χ2n) is 5.67. The zero-order valence-electron chi connectivity index (χ0n) is 13.7. The molecule has 0 fully saturated rings. The van der Waals surface area contributed by atoms with Gasteiger partial charge in [-0.05, 0) is 37.1 Å². The van der Waals surface area contributed by atoms with Crippen molar-refractivity contribution < 1.29 is 9.53 Å². The number of aromatic amines is 1. The highest BCUT2D eigenvalue weighted by Gasteiger charge is 2.07. The molecule has 0 unspecified atom stereocenters. The van der Waals surface area contributed by atoms with E-state index in [1.807, 2.05) is 37.3 Å². The molecule has 1 amide bonds. The van der Waals surface area contributed by atoms with Crippen LogP contribution in [-0.2, 0) is 4.74 Å². The summed E-state index contributed by atoms with van der Waals surface area (Å²) in [5.41, 5.74) is 3.51. The lowest BCUT2D eigenvalue weighted by atomic mass is 10.1. The highest BCUT2D eigenvalue weighted by atomic mass is 16.5. The van der Waals surface area contributed by atoms with Crippen molar-refractivity contribution >= 4 is 16.9 Å². The van der Waals surface area contributed by atoms with Gasteiger partial charge in [-0.2, -0.15) is 0 Å². The van der Waals surface area contributed by atoms with Crippen LogP contribution in [0.1, 0.15) is 35.4 Å². The fourth-order valence-corrected chi connectivity index (χ4v) is 2.53. The summed E-state index contributed by atoms with van der Waals surface area (Å²) in [4.78, 5) is 19.3. The average molecular weight is 323 g/mol. The van der Waals surface area contributed by atoms with Gasteiger partial charge in [0.25, 0.3) is 5.91 Å². The minimum Gasteiger partial charge on any atom is -0.374 e. The summed E-state index contributed by atoms with van der Waals surface area (Å²) in [6, 6.07) is 15.5. The van der Waals surface area contributed by atoms with Crippen LogP contribution in [0.15, 0.2) is 54.9 Å². The molecule has 124 valence electrons. The van der Waals surface area contributed by atoms with Crippen LogP contribution in [0.25, 0.3) is 11.0 Å². The predicted octanol–water partition coefficient (Wildman–Crippen LogP) is 3.46. The highest BCUT2D eigenvalue weighted by Crippen LogP contribution is 2.15. The van der Waals surface area contributed by atoms with Crippen molar-refractivity contribution in [1.29, 1.82) is 0 Å². The fraction of sp³-hybridized carbons (Fsp3) is 0.263. The van der Waals surface area contributed by atoms with Crippen molar-refractivity contribution in [2.75, 3.05) is 13.2 Å². The molecule has 0 radical (unpaired) electrons. The maximum absolute atomic E-state index is 12.1. The average Bonchev–Trinajstić information content (AvgIpc) is 3.09. The molecule has 3 rings (SSSR count). The van der Waals surface area contributed by atoms with Crippen LogP contribution in [0.2, 0.25) is 0 Å². The normalized spacial score (nSPS) is 12.2. The number of ether oxygens (including phenoxy) is 1. The van der Waals surface area contributed by atoms with E-state index in [0.29, 0.717) is 18.7 Å². The molecular formula is C19H21N3O2. The summed E-state index contributed by atoms with van der Waals surface area (Å²) >= 11 is 0. The van der Waals surface area contributed by atoms with E-state index in [4.69, 9.17) is 4.74 Å². The molecule has 1 atom stereocenters. The second-order valence-corrected chi connectivity index (χ2v) is 5.67. The Labute approximate surface area is 141 Å². The number of carbonyl (C=O) groups is 1. The number of nitrogens with one attached hydrogen (secondary N) is 2. The van der Waals surface area contributed by atoms with E-state index >= 15 is 0 Å². The first-order valence-corrected chi connectivity index (χ1v) is 8.12. The van der Waals surface area contributed by atoms with Crippen molar-refractivity contribution in [3.05, 3.63) is 66.0 Å². The molecule has 1 heterocycles. The Morgan fingerprint density at radius 1 is 1.25 bits per heavy atom. The Kier molecular flexibility index (Phi) is 5.23. The van der Waals surface area contributed by atoms with Crippen LogP contribution in [0.3, 0.4) is 0 Å². The Hall–Kier alpha value is -2.66. The molecule has 0 aliphatic heterocycles. The third-order valence-electron chi connectivity index (χ3n) is 3.93. The number of rotatable bonds is 7. The van der Waals surface area contributed by atoms with Crippen molar-refractivity contribution in [1.82, 2.24) is 15.3 Å². The largest absolute Gasteiger partial charge is 0.374 e. The molecule has 0 spiro atoms. The molecule has 5 heteroatoms. The summed E-state index contributed by atoms with van der Waals surface area (Å²) in [5, 5.41) is 2.92. The molecule has 0 saturated heterocycles. The topological polar surface area (TPSA) is 67.0 Å². The third-order valence-corrected chi connectivity index (χ3v) is 3.93. The molecule has 2 aromatic carbocycles. The van der Waals surface area contributed by atoms with E-state index in [0.717, 1.165) is 23.0 Å². The molecule has 0 aliphatic rings. The molecule has 3 aromatic rings. The van der Waals surface area contributed by atoms with Crippen LogP contribution in [-0.4, -0.2) is 29.0 Å². The first kappa shape index (κ1) is 16.2. The van der Waals surface area contributed by atoms with Crippen molar-refractivity contribution in [3.8, 4) is 0 Å². The van der Waals surface area contributed by atoms with Crippen molar-refractivity contribution in [2.45, 2.75) is 19.4 Å². The first-order valence-electron chi connectivity index (χ1n) is 8.12. The molecule has 0 aliphatic carbocycles. The van der Waals surface area contributed by atoms with Crippen molar-refractivity contribution in [3.63, 3.8) is 0 Å². The van der Waals surface area contributed by atoms with Crippen LogP contribution < -0.4 is 5.32 Å². The number of aromatic nitrogens is 2. The minimum atomic E-state index is -0.0809. The molecule has 0 bridgehead atoms. The summed E-state index contributed by atoms with van der Waals surface area (Å²) in [7, 11) is 0. The van der Waals surface area contributed by atoms with Gasteiger partial charge in [0.15, 0.2) is 0 Å². The van der Waals surface area contributed by atoms with E-state index < -0.39 is 0 Å². The van der Waals surface area contributed by atoms with E-state index in [9.17, 15) is 4.79 Å². The van der Waals surface area contributed by atoms with Gasteiger partial charge in [0.2, 0.25) is 0 Å². The van der Waals surface area contributed by atoms with Crippen LogP contribution in [0.4, 0.5) is 0 Å². The molecule has 1 aromatic heterocycles. The van der Waals surface area contributed by atoms with Gasteiger partial charge in [-0.3, -0.25) is 4.79 Å². The maximum Gasteiger partial charge on any atom is 0.251 e. The summed E-state index contributed by atoms with van der Waals surface area (Å²) in [6.07, 6.45) is 2.46. The number of benzene rings is 2. The van der Waals surface area contributed by atoms with Gasteiger partial charge < -0.3 is 15.0 Å². The van der Waals surface area contributed by atoms with E-state index in [1.54, 1.807) is 12.4 Å². The van der Waals surface area contributed by atoms with E-state index in [1.165, 1.54) is 0 Å². The summed E-state index contributed by atoms with van der Waals surface area (Å²) in [5.74, 6) is -0.0809. The van der Waals surface area contributed by atoms with E-state index in [2.05, 4.69) is 27.4 Å². The number of imidazole rings is 1. The third kappa shape index (κ3) is 4.00. The number of fused-ring (bicyclic) bond motifs is 1. The minimum absolute atomic E-state index is 0.0599. The molecular weight excluding hydrogens is 302 g/mol. The highest BCUT2D eigenvalue weighted by molar-refractivity contribution is 5.97. The zero-order chi connectivity index (χ0) is 16.8. The fourth-order valence-electron chi connectivity index (χ4n) is 2.53. The zero-order valence-corrected chi connectivity index (χ0v) is 13.7. The smallest absolute Gasteiger partial charge is 0.251 e. The number of hydrogen-bond acceptors (Lipinski definition) is 3. The molecule has 0 saturated carbocycles. The Bertz CT molecular complexity index is 798. The number of carbonyl (C=O) groups excluding carboxylic acids is 1. The Balaban J connectivity index is 1.40. The van der Waals surface area contributed by atoms with Crippen molar-refractivity contribution in [2.24, 2.45) is 0 Å². The van der Waals surface area contributed by atoms with Gasteiger partial charge in [-0.15, -0.1) is 0 Å². The SMILES string of the molecule is C[C@@H](OCCCNC(=O)c1ccc2nc[nH]c2c1)c1ccccc1. The molecule has 2 N–H and O–H groups in total. The van der Waals surface area contributed by atoms with Crippen LogP contribution in [0, 0.1) is 0 Å². The van der Waals surface area contributed by atoms with Gasteiger partial charge >= 0.3 is 0 Å². The van der Waals surface area contributed by atoms with Crippen LogP contribution >= 0.6 is 0 Å².